The van der Waals surface area contributed by atoms with Gasteiger partial charge in [0.25, 0.3) is 16.0 Å². The van der Waals surface area contributed by atoms with Gasteiger partial charge in [-0.2, -0.15) is 13.5 Å². The first-order chi connectivity index (χ1) is 18.0. The van der Waals surface area contributed by atoms with Crippen molar-refractivity contribution in [2.45, 2.75) is 18.7 Å². The Morgan fingerprint density at radius 1 is 1.08 bits per heavy atom. The molecule has 0 saturated carbocycles. The largest absolute Gasteiger partial charge is 1.00 e. The molecule has 0 aromatic heterocycles. The summed E-state index contributed by atoms with van der Waals surface area (Å²) in [5, 5.41) is 25.5. The van der Waals surface area contributed by atoms with E-state index in [1.807, 2.05) is 0 Å². The maximum absolute atomic E-state index is 13.4. The number of hydrogen-bond donors (Lipinski definition) is 2. The van der Waals surface area contributed by atoms with Crippen molar-refractivity contribution in [1.29, 1.82) is 0 Å². The topological polar surface area (TPSA) is 140 Å². The standard InChI is InChI=1S/C26H21Cl2N3O6S.Na/c1-3-37-22-12-16(27)8-9-20(22)29-26(33)18-11-15-6-4-5-7-17(15)24(25(18)32)31-30-21-10-14(2)19(28)13-23(21)38(34,35)36;/h4-13,32H,3H2,1-2H3,(H,29,33)(H,34,35,36);/q;+1/p-1. The van der Waals surface area contributed by atoms with E-state index in [-0.39, 0.29) is 51.5 Å². The van der Waals surface area contributed by atoms with Crippen LogP contribution in [0.1, 0.15) is 22.8 Å². The first kappa shape index (κ1) is 30.8. The van der Waals surface area contributed by atoms with Crippen LogP contribution in [0.15, 0.2) is 75.8 Å². The van der Waals surface area contributed by atoms with Gasteiger partial charge in [-0.05, 0) is 55.1 Å². The minimum absolute atomic E-state index is 0. The number of carbonyl (C=O) groups excluding carboxylic acids is 1. The first-order valence-corrected chi connectivity index (χ1v) is 13.3. The third-order valence-corrected chi connectivity index (χ3v) is 7.01. The summed E-state index contributed by atoms with van der Waals surface area (Å²) >= 11 is 12.0. The first-order valence-electron chi connectivity index (χ1n) is 11.2. The Kier molecular flexibility index (Phi) is 10.0. The molecule has 0 heterocycles. The van der Waals surface area contributed by atoms with Gasteiger partial charge >= 0.3 is 29.6 Å². The van der Waals surface area contributed by atoms with Crippen LogP contribution in [0.25, 0.3) is 10.8 Å². The van der Waals surface area contributed by atoms with Crippen molar-refractivity contribution in [3.8, 4) is 11.5 Å². The Morgan fingerprint density at radius 2 is 1.79 bits per heavy atom. The Balaban J connectivity index is 0.00000420. The average molecular weight is 596 g/mol. The number of benzene rings is 4. The Bertz CT molecular complexity index is 1710. The van der Waals surface area contributed by atoms with Crippen molar-refractivity contribution in [3.63, 3.8) is 0 Å². The molecule has 0 fully saturated rings. The number of hydrogen-bond acceptors (Lipinski definition) is 7. The second-order valence-corrected chi connectivity index (χ2v) is 10.3. The van der Waals surface area contributed by atoms with Gasteiger partial charge in [0, 0.05) is 27.1 Å². The molecule has 0 aliphatic heterocycles. The summed E-state index contributed by atoms with van der Waals surface area (Å²) in [6, 6.07) is 15.2. The number of azo groups is 1. The summed E-state index contributed by atoms with van der Waals surface area (Å²) in [5.74, 6) is -1.13. The SMILES string of the molecule is CCOc1cc(Cl)ccc1NC(=O)c1cc2ccccc2c(N=Nc2cc(C)c(Cl)cc2S(=O)(=O)O)c1[O-].[Na+]. The van der Waals surface area contributed by atoms with Crippen LogP contribution < -0.4 is 44.7 Å². The number of aryl methyl sites for hydroxylation is 1. The van der Waals surface area contributed by atoms with Gasteiger partial charge in [-0.25, -0.2) is 0 Å². The van der Waals surface area contributed by atoms with Gasteiger partial charge in [-0.1, -0.05) is 53.2 Å². The summed E-state index contributed by atoms with van der Waals surface area (Å²) in [4.78, 5) is 12.6. The number of nitrogens with zero attached hydrogens (tertiary/aromatic N) is 2. The molecule has 0 aliphatic rings. The van der Waals surface area contributed by atoms with Crippen LogP contribution in [0, 0.1) is 6.92 Å². The predicted molar refractivity (Wildman–Crippen MR) is 144 cm³/mol. The van der Waals surface area contributed by atoms with E-state index in [9.17, 15) is 22.9 Å². The van der Waals surface area contributed by atoms with Crippen molar-refractivity contribution in [3.05, 3.63) is 81.8 Å². The van der Waals surface area contributed by atoms with Gasteiger partial charge in [0.1, 0.15) is 16.3 Å². The third kappa shape index (κ3) is 6.90. The fraction of sp³-hybridized carbons (Fsp3) is 0.115. The number of nitrogens with one attached hydrogen (secondary N) is 1. The van der Waals surface area contributed by atoms with E-state index in [0.29, 0.717) is 39.4 Å². The second-order valence-electron chi connectivity index (χ2n) is 8.09. The molecule has 1 amide bonds. The molecule has 4 aromatic carbocycles. The molecule has 0 aliphatic carbocycles. The number of halogens is 2. The van der Waals surface area contributed by atoms with Gasteiger partial charge < -0.3 is 15.2 Å². The molecule has 4 aromatic rings. The monoisotopic (exact) mass is 595 g/mol. The summed E-state index contributed by atoms with van der Waals surface area (Å²) in [7, 11) is -4.70. The second kappa shape index (κ2) is 12.6. The molecule has 39 heavy (non-hydrogen) atoms. The molecular formula is C26H20Cl2N3NaO6S. The van der Waals surface area contributed by atoms with E-state index in [4.69, 9.17) is 27.9 Å². The van der Waals surface area contributed by atoms with Crippen LogP contribution >= 0.6 is 23.2 Å². The van der Waals surface area contributed by atoms with Crippen molar-refractivity contribution >= 4 is 67.1 Å². The maximum atomic E-state index is 13.4. The molecule has 4 rings (SSSR count). The minimum Gasteiger partial charge on any atom is -0.870 e. The summed E-state index contributed by atoms with van der Waals surface area (Å²) in [6.45, 7) is 3.71. The van der Waals surface area contributed by atoms with E-state index < -0.39 is 26.7 Å². The van der Waals surface area contributed by atoms with Crippen molar-refractivity contribution < 1.29 is 57.2 Å². The van der Waals surface area contributed by atoms with E-state index in [0.717, 1.165) is 6.07 Å². The quantitative estimate of drug-likeness (QED) is 0.189. The molecule has 13 heteroatoms. The molecule has 0 spiro atoms. The molecule has 196 valence electrons. The van der Waals surface area contributed by atoms with Crippen LogP contribution in [-0.4, -0.2) is 25.5 Å². The number of amides is 1. The van der Waals surface area contributed by atoms with Gasteiger partial charge in [0.2, 0.25) is 0 Å². The molecular weight excluding hydrogens is 576 g/mol. The molecule has 0 unspecified atom stereocenters. The summed E-state index contributed by atoms with van der Waals surface area (Å²) < 4.78 is 38.9. The summed E-state index contributed by atoms with van der Waals surface area (Å²) in [6.07, 6.45) is 0. The Morgan fingerprint density at radius 3 is 2.49 bits per heavy atom. The van der Waals surface area contributed by atoms with Gasteiger partial charge in [0.05, 0.1) is 18.0 Å². The van der Waals surface area contributed by atoms with Crippen LogP contribution in [0.3, 0.4) is 0 Å². The molecule has 2 N–H and O–H groups in total. The van der Waals surface area contributed by atoms with E-state index >= 15 is 0 Å². The van der Waals surface area contributed by atoms with Crippen LogP contribution in [0.5, 0.6) is 11.5 Å². The Hall–Kier alpha value is -2.70. The van der Waals surface area contributed by atoms with Crippen molar-refractivity contribution in [2.24, 2.45) is 10.2 Å². The van der Waals surface area contributed by atoms with Crippen LogP contribution in [0.2, 0.25) is 10.0 Å². The molecule has 0 radical (unpaired) electrons. The zero-order valence-electron chi connectivity index (χ0n) is 21.0. The van der Waals surface area contributed by atoms with Crippen molar-refractivity contribution in [2.75, 3.05) is 11.9 Å². The van der Waals surface area contributed by atoms with Crippen molar-refractivity contribution in [1.82, 2.24) is 0 Å². The van der Waals surface area contributed by atoms with Gasteiger partial charge in [0.15, 0.2) is 0 Å². The van der Waals surface area contributed by atoms with E-state index in [1.54, 1.807) is 56.3 Å². The number of ether oxygens (including phenoxy) is 1. The molecule has 9 nitrogen and oxygen atoms in total. The maximum Gasteiger partial charge on any atom is 1.00 e. The molecule has 0 bridgehead atoms. The number of rotatable bonds is 7. The molecule has 0 saturated heterocycles. The average Bonchev–Trinajstić information content (AvgIpc) is 2.86. The third-order valence-electron chi connectivity index (χ3n) is 5.49. The minimum atomic E-state index is -4.70. The molecule has 0 atom stereocenters. The van der Waals surface area contributed by atoms with Crippen LogP contribution in [0.4, 0.5) is 17.1 Å². The Labute approximate surface area is 256 Å². The van der Waals surface area contributed by atoms with E-state index in [1.165, 1.54) is 12.1 Å². The normalized spacial score (nSPS) is 11.4. The van der Waals surface area contributed by atoms with Crippen LogP contribution in [-0.2, 0) is 10.1 Å². The zero-order chi connectivity index (χ0) is 27.6. The van der Waals surface area contributed by atoms with Gasteiger partial charge in [-0.3, -0.25) is 9.35 Å². The predicted octanol–water partition coefficient (Wildman–Crippen LogP) is 3.85. The number of carbonyl (C=O) groups is 1. The smallest absolute Gasteiger partial charge is 0.870 e. The van der Waals surface area contributed by atoms with E-state index in [2.05, 4.69) is 15.5 Å². The number of anilines is 1. The number of fused-ring (bicyclic) bond motifs is 1. The fourth-order valence-corrected chi connectivity index (χ4v) is 4.70. The zero-order valence-corrected chi connectivity index (χ0v) is 25.4. The summed E-state index contributed by atoms with van der Waals surface area (Å²) in [5.41, 5.74) is 0.142. The van der Waals surface area contributed by atoms with Gasteiger partial charge in [-0.15, -0.1) is 5.11 Å². The fourth-order valence-electron chi connectivity index (χ4n) is 3.68.